The van der Waals surface area contributed by atoms with E-state index in [0.29, 0.717) is 31.7 Å². The van der Waals surface area contributed by atoms with Crippen molar-refractivity contribution in [3.05, 3.63) is 65.5 Å². The first-order chi connectivity index (χ1) is 12.0. The van der Waals surface area contributed by atoms with E-state index in [4.69, 9.17) is 5.11 Å². The molecule has 0 unspecified atom stereocenters. The normalized spacial score (nSPS) is 16.9. The van der Waals surface area contributed by atoms with E-state index >= 15 is 0 Å². The third kappa shape index (κ3) is 4.07. The number of piperazine rings is 1. The maximum Gasteiger partial charge on any atom is 0.246 e. The summed E-state index contributed by atoms with van der Waals surface area (Å²) < 4.78 is 40.8. The van der Waals surface area contributed by atoms with Crippen LogP contribution in [0.3, 0.4) is 0 Å². The van der Waals surface area contributed by atoms with Crippen LogP contribution < -0.4 is 0 Å². The van der Waals surface area contributed by atoms with Crippen LogP contribution in [0.4, 0.5) is 4.39 Å². The lowest BCUT2D eigenvalue weighted by Gasteiger charge is -2.34. The van der Waals surface area contributed by atoms with Crippen molar-refractivity contribution in [2.75, 3.05) is 26.2 Å². The van der Waals surface area contributed by atoms with Gasteiger partial charge in [0.1, 0.15) is 10.7 Å². The van der Waals surface area contributed by atoms with E-state index < -0.39 is 15.8 Å². The molecule has 0 aromatic heterocycles. The van der Waals surface area contributed by atoms with Crippen molar-refractivity contribution >= 4 is 10.0 Å². The van der Waals surface area contributed by atoms with Crippen LogP contribution in [0.1, 0.15) is 11.1 Å². The molecule has 0 aliphatic carbocycles. The van der Waals surface area contributed by atoms with Crippen molar-refractivity contribution in [1.82, 2.24) is 9.21 Å². The van der Waals surface area contributed by atoms with Gasteiger partial charge in [-0.15, -0.1) is 0 Å². The first-order valence-electron chi connectivity index (χ1n) is 8.16. The van der Waals surface area contributed by atoms with Crippen LogP contribution in [0.15, 0.2) is 53.4 Å². The highest BCUT2D eigenvalue weighted by Crippen LogP contribution is 2.22. The van der Waals surface area contributed by atoms with Gasteiger partial charge in [0.2, 0.25) is 10.0 Å². The Hall–Kier alpha value is -1.80. The predicted octanol–water partition coefficient (Wildman–Crippen LogP) is 1.82. The molecule has 0 saturated carbocycles. The zero-order chi connectivity index (χ0) is 17.9. The quantitative estimate of drug-likeness (QED) is 0.879. The van der Waals surface area contributed by atoms with Gasteiger partial charge in [-0.3, -0.25) is 4.90 Å². The molecule has 134 valence electrons. The maximum absolute atomic E-state index is 14.0. The van der Waals surface area contributed by atoms with Crippen LogP contribution in [0, 0.1) is 5.82 Å². The Bertz CT molecular complexity index is 819. The van der Waals surface area contributed by atoms with Gasteiger partial charge in [-0.05, 0) is 23.3 Å². The van der Waals surface area contributed by atoms with Crippen molar-refractivity contribution < 1.29 is 17.9 Å². The Labute approximate surface area is 147 Å². The van der Waals surface area contributed by atoms with Gasteiger partial charge < -0.3 is 5.11 Å². The van der Waals surface area contributed by atoms with Gasteiger partial charge >= 0.3 is 0 Å². The van der Waals surface area contributed by atoms with E-state index in [-0.39, 0.29) is 11.5 Å². The van der Waals surface area contributed by atoms with Crippen molar-refractivity contribution in [3.63, 3.8) is 0 Å². The van der Waals surface area contributed by atoms with Crippen LogP contribution in [-0.4, -0.2) is 48.9 Å². The Morgan fingerprint density at radius 2 is 1.64 bits per heavy atom. The molecule has 2 aromatic rings. The summed E-state index contributed by atoms with van der Waals surface area (Å²) in [5.41, 5.74) is 1.56. The van der Waals surface area contributed by atoms with E-state index in [1.807, 2.05) is 30.3 Å². The van der Waals surface area contributed by atoms with Crippen LogP contribution in [0.2, 0.25) is 0 Å². The second-order valence-corrected chi connectivity index (χ2v) is 8.00. The molecule has 1 heterocycles. The second-order valence-electron chi connectivity index (χ2n) is 6.09. The fourth-order valence-electron chi connectivity index (χ4n) is 2.95. The second kappa shape index (κ2) is 7.61. The first-order valence-corrected chi connectivity index (χ1v) is 9.60. The van der Waals surface area contributed by atoms with Crippen LogP contribution in [0.25, 0.3) is 0 Å². The molecular weight excluding hydrogens is 343 g/mol. The highest BCUT2D eigenvalue weighted by molar-refractivity contribution is 7.89. The molecule has 1 N–H and O–H groups in total. The molecule has 5 nitrogen and oxygen atoms in total. The van der Waals surface area contributed by atoms with Crippen molar-refractivity contribution in [2.45, 2.75) is 18.0 Å². The van der Waals surface area contributed by atoms with E-state index in [1.165, 1.54) is 22.0 Å². The van der Waals surface area contributed by atoms with E-state index in [1.54, 1.807) is 0 Å². The molecule has 0 radical (unpaired) electrons. The van der Waals surface area contributed by atoms with Gasteiger partial charge in [0.05, 0.1) is 6.61 Å². The molecule has 3 rings (SSSR count). The number of aliphatic hydroxyl groups is 1. The molecule has 0 bridgehead atoms. The van der Waals surface area contributed by atoms with E-state index in [0.717, 1.165) is 12.6 Å². The Kier molecular flexibility index (Phi) is 5.48. The number of benzene rings is 2. The Morgan fingerprint density at radius 3 is 2.28 bits per heavy atom. The standard InChI is InChI=1S/C18H21FN2O3S/c19-17-7-6-16(14-22)12-18(17)25(23,24)21-10-8-20(9-11-21)13-15-4-2-1-3-5-15/h1-7,12,22H,8-11,13-14H2. The van der Waals surface area contributed by atoms with Gasteiger partial charge in [0.25, 0.3) is 0 Å². The van der Waals surface area contributed by atoms with Crippen molar-refractivity contribution in [1.29, 1.82) is 0 Å². The van der Waals surface area contributed by atoms with Crippen LogP contribution in [-0.2, 0) is 23.2 Å². The lowest BCUT2D eigenvalue weighted by atomic mass is 10.2. The smallest absolute Gasteiger partial charge is 0.246 e. The highest BCUT2D eigenvalue weighted by Gasteiger charge is 2.30. The van der Waals surface area contributed by atoms with Gasteiger partial charge in [-0.1, -0.05) is 36.4 Å². The van der Waals surface area contributed by atoms with Crippen molar-refractivity contribution in [2.24, 2.45) is 0 Å². The van der Waals surface area contributed by atoms with Gasteiger partial charge in [0, 0.05) is 32.7 Å². The zero-order valence-electron chi connectivity index (χ0n) is 13.8. The third-order valence-electron chi connectivity index (χ3n) is 4.38. The summed E-state index contributed by atoms with van der Waals surface area (Å²) in [7, 11) is -3.90. The molecule has 1 aliphatic heterocycles. The van der Waals surface area contributed by atoms with Gasteiger partial charge in [0.15, 0.2) is 0 Å². The number of aliphatic hydroxyl groups excluding tert-OH is 1. The number of halogens is 1. The Balaban J connectivity index is 1.69. The number of nitrogens with zero attached hydrogens (tertiary/aromatic N) is 2. The van der Waals surface area contributed by atoms with Crippen molar-refractivity contribution in [3.8, 4) is 0 Å². The van der Waals surface area contributed by atoms with E-state index in [9.17, 15) is 12.8 Å². The van der Waals surface area contributed by atoms with Crippen LogP contribution in [0.5, 0.6) is 0 Å². The summed E-state index contributed by atoms with van der Waals surface area (Å²) in [5, 5.41) is 9.17. The monoisotopic (exact) mass is 364 g/mol. The number of hydrogen-bond donors (Lipinski definition) is 1. The number of sulfonamides is 1. The Morgan fingerprint density at radius 1 is 0.960 bits per heavy atom. The summed E-state index contributed by atoms with van der Waals surface area (Å²) in [5.74, 6) is -0.788. The summed E-state index contributed by atoms with van der Waals surface area (Å²) in [6, 6.07) is 13.7. The van der Waals surface area contributed by atoms with E-state index in [2.05, 4.69) is 4.90 Å². The minimum absolute atomic E-state index is 0.317. The highest BCUT2D eigenvalue weighted by atomic mass is 32.2. The molecule has 7 heteroatoms. The number of rotatable bonds is 5. The summed E-state index contributed by atoms with van der Waals surface area (Å²) >= 11 is 0. The summed E-state index contributed by atoms with van der Waals surface area (Å²) in [4.78, 5) is 1.82. The molecule has 1 fully saturated rings. The average molecular weight is 364 g/mol. The molecule has 25 heavy (non-hydrogen) atoms. The lowest BCUT2D eigenvalue weighted by Crippen LogP contribution is -2.48. The average Bonchev–Trinajstić information content (AvgIpc) is 2.63. The maximum atomic E-state index is 14.0. The fraction of sp³-hybridized carbons (Fsp3) is 0.333. The molecular formula is C18H21FN2O3S. The molecule has 0 amide bonds. The molecule has 0 atom stereocenters. The summed E-state index contributed by atoms with van der Waals surface area (Å²) in [6.45, 7) is 2.26. The predicted molar refractivity (Wildman–Crippen MR) is 92.8 cm³/mol. The first kappa shape index (κ1) is 18.0. The van der Waals surface area contributed by atoms with Crippen LogP contribution >= 0.6 is 0 Å². The SMILES string of the molecule is O=S(=O)(c1cc(CO)ccc1F)N1CCN(Cc2ccccc2)CC1. The third-order valence-corrected chi connectivity index (χ3v) is 6.29. The molecule has 1 saturated heterocycles. The number of hydrogen-bond acceptors (Lipinski definition) is 4. The molecule has 2 aromatic carbocycles. The largest absolute Gasteiger partial charge is 0.392 e. The zero-order valence-corrected chi connectivity index (χ0v) is 14.6. The minimum Gasteiger partial charge on any atom is -0.392 e. The topological polar surface area (TPSA) is 60.9 Å². The lowest BCUT2D eigenvalue weighted by molar-refractivity contribution is 0.181. The molecule has 0 spiro atoms. The molecule has 1 aliphatic rings. The summed E-state index contributed by atoms with van der Waals surface area (Å²) in [6.07, 6.45) is 0. The fourth-order valence-corrected chi connectivity index (χ4v) is 4.49. The van der Waals surface area contributed by atoms with Gasteiger partial charge in [-0.25, -0.2) is 12.8 Å². The minimum atomic E-state index is -3.90. The van der Waals surface area contributed by atoms with Gasteiger partial charge in [-0.2, -0.15) is 4.31 Å².